The Morgan fingerprint density at radius 2 is 1.84 bits per heavy atom. The van der Waals surface area contributed by atoms with Gasteiger partial charge in [-0.3, -0.25) is 4.79 Å². The van der Waals surface area contributed by atoms with Crippen LogP contribution in [0, 0.1) is 11.8 Å². The molecule has 0 atom stereocenters. The van der Waals surface area contributed by atoms with E-state index in [-0.39, 0.29) is 12.5 Å². The monoisotopic (exact) mass is 376 g/mol. The minimum atomic E-state index is -3.52. The van der Waals surface area contributed by atoms with Crippen LogP contribution in [0.2, 0.25) is 0 Å². The molecule has 132 valence electrons. The molecule has 1 amide bonds. The van der Waals surface area contributed by atoms with Crippen molar-refractivity contribution in [3.8, 4) is 11.8 Å². The molecule has 0 fully saturated rings. The first-order valence-corrected chi connectivity index (χ1v) is 10.0. The number of benzene rings is 1. The summed E-state index contributed by atoms with van der Waals surface area (Å²) in [7, 11) is -0.128. The Bertz CT molecular complexity index is 902. The van der Waals surface area contributed by atoms with Crippen molar-refractivity contribution in [1.29, 1.82) is 0 Å². The van der Waals surface area contributed by atoms with Gasteiger partial charge in [0.1, 0.15) is 4.21 Å². The van der Waals surface area contributed by atoms with E-state index in [2.05, 4.69) is 16.6 Å². The summed E-state index contributed by atoms with van der Waals surface area (Å²) in [6, 6.07) is 10.3. The Morgan fingerprint density at radius 1 is 1.16 bits per heavy atom. The summed E-state index contributed by atoms with van der Waals surface area (Å²) in [5, 5.41) is 0. The molecule has 0 unspecified atom stereocenters. The molecule has 1 aromatic heterocycles. The molecule has 0 spiro atoms. The summed E-state index contributed by atoms with van der Waals surface area (Å²) >= 11 is 1.27. The Kier molecular flexibility index (Phi) is 6.37. The van der Waals surface area contributed by atoms with Crippen molar-refractivity contribution in [3.63, 3.8) is 0 Å². The minimum Gasteiger partial charge on any atom is -0.345 e. The van der Waals surface area contributed by atoms with Crippen LogP contribution >= 0.6 is 11.3 Å². The lowest BCUT2D eigenvalue weighted by Crippen LogP contribution is -2.23. The van der Waals surface area contributed by atoms with E-state index in [0.717, 1.165) is 16.9 Å². The number of thiophene rings is 1. The first-order valence-electron chi connectivity index (χ1n) is 7.72. The quantitative estimate of drug-likeness (QED) is 0.815. The topological polar surface area (TPSA) is 66.5 Å². The maximum Gasteiger partial charge on any atom is 0.253 e. The molecular weight excluding hydrogens is 356 g/mol. The Labute approximate surface area is 152 Å². The van der Waals surface area contributed by atoms with E-state index in [1.165, 1.54) is 16.2 Å². The molecule has 0 bridgehead atoms. The highest BCUT2D eigenvalue weighted by Gasteiger charge is 2.15. The van der Waals surface area contributed by atoms with Crippen molar-refractivity contribution in [2.75, 3.05) is 20.6 Å². The van der Waals surface area contributed by atoms with Crippen LogP contribution in [-0.2, 0) is 16.4 Å². The van der Waals surface area contributed by atoms with Crippen molar-refractivity contribution in [2.24, 2.45) is 0 Å². The van der Waals surface area contributed by atoms with Gasteiger partial charge in [-0.05, 0) is 42.8 Å². The first-order chi connectivity index (χ1) is 11.8. The van der Waals surface area contributed by atoms with Gasteiger partial charge in [0.25, 0.3) is 15.9 Å². The van der Waals surface area contributed by atoms with Gasteiger partial charge in [-0.15, -0.1) is 11.3 Å². The predicted octanol–water partition coefficient (Wildman–Crippen LogP) is 2.34. The SMILES string of the molecule is CCc1ccc(S(=O)(=O)NCC#Cc2ccc(C(=O)N(C)C)cc2)s1. The summed E-state index contributed by atoms with van der Waals surface area (Å²) < 4.78 is 27.1. The molecular formula is C18H20N2O3S2. The number of sulfonamides is 1. The smallest absolute Gasteiger partial charge is 0.253 e. The highest BCUT2D eigenvalue weighted by Crippen LogP contribution is 2.21. The molecule has 1 N–H and O–H groups in total. The molecule has 7 heteroatoms. The zero-order valence-corrected chi connectivity index (χ0v) is 16.0. The number of carbonyl (C=O) groups is 1. The second kappa shape index (κ2) is 8.30. The third-order valence-electron chi connectivity index (χ3n) is 3.37. The average molecular weight is 377 g/mol. The molecule has 1 heterocycles. The summed E-state index contributed by atoms with van der Waals surface area (Å²) in [6.45, 7) is 2.01. The number of nitrogens with zero attached hydrogens (tertiary/aromatic N) is 1. The van der Waals surface area contributed by atoms with Crippen LogP contribution in [0.15, 0.2) is 40.6 Å². The number of hydrogen-bond acceptors (Lipinski definition) is 4. The number of nitrogens with one attached hydrogen (secondary N) is 1. The fourth-order valence-corrected chi connectivity index (χ4v) is 4.26. The van der Waals surface area contributed by atoms with Gasteiger partial charge in [0.05, 0.1) is 6.54 Å². The number of rotatable bonds is 5. The van der Waals surface area contributed by atoms with Crippen molar-refractivity contribution in [3.05, 3.63) is 52.4 Å². The largest absolute Gasteiger partial charge is 0.345 e. The third kappa shape index (κ3) is 5.16. The predicted molar refractivity (Wildman–Crippen MR) is 100 cm³/mol. The molecule has 1 aromatic carbocycles. The van der Waals surface area contributed by atoms with Crippen molar-refractivity contribution in [2.45, 2.75) is 17.6 Å². The van der Waals surface area contributed by atoms with Gasteiger partial charge in [0.2, 0.25) is 0 Å². The minimum absolute atomic E-state index is 0.0278. The number of carbonyl (C=O) groups excluding carboxylic acids is 1. The zero-order valence-electron chi connectivity index (χ0n) is 14.4. The summed E-state index contributed by atoms with van der Waals surface area (Å²) in [4.78, 5) is 14.3. The second-order valence-electron chi connectivity index (χ2n) is 5.48. The van der Waals surface area contributed by atoms with E-state index in [9.17, 15) is 13.2 Å². The number of amides is 1. The van der Waals surface area contributed by atoms with Crippen LogP contribution in [0.1, 0.15) is 27.7 Å². The molecule has 0 aliphatic heterocycles. The average Bonchev–Trinajstić information content (AvgIpc) is 3.09. The third-order valence-corrected chi connectivity index (χ3v) is 6.49. The summed E-state index contributed by atoms with van der Waals surface area (Å²) in [5.74, 6) is 5.60. The van der Waals surface area contributed by atoms with Crippen LogP contribution in [-0.4, -0.2) is 39.9 Å². The molecule has 2 aromatic rings. The van der Waals surface area contributed by atoms with Gasteiger partial charge in [-0.25, -0.2) is 8.42 Å². The lowest BCUT2D eigenvalue weighted by Gasteiger charge is -2.09. The van der Waals surface area contributed by atoms with E-state index >= 15 is 0 Å². The van der Waals surface area contributed by atoms with Crippen LogP contribution in [0.25, 0.3) is 0 Å². The summed E-state index contributed by atoms with van der Waals surface area (Å²) in [6.07, 6.45) is 0.812. The standard InChI is InChI=1S/C18H20N2O3S2/c1-4-16-11-12-17(24-16)25(22,23)19-13-5-6-14-7-9-15(10-8-14)18(21)20(2)3/h7-12,19H,4,13H2,1-3H3. The molecule has 2 rings (SSSR count). The number of aryl methyl sites for hydroxylation is 1. The maximum absolute atomic E-state index is 12.1. The van der Waals surface area contributed by atoms with E-state index < -0.39 is 10.0 Å². The summed E-state index contributed by atoms with van der Waals surface area (Å²) in [5.41, 5.74) is 1.31. The van der Waals surface area contributed by atoms with Gasteiger partial charge in [0.15, 0.2) is 0 Å². The van der Waals surface area contributed by atoms with Crippen molar-refractivity contribution < 1.29 is 13.2 Å². The molecule has 0 saturated carbocycles. The maximum atomic E-state index is 12.1. The lowest BCUT2D eigenvalue weighted by atomic mass is 10.1. The van der Waals surface area contributed by atoms with Crippen LogP contribution in [0.5, 0.6) is 0 Å². The lowest BCUT2D eigenvalue weighted by molar-refractivity contribution is 0.0827. The van der Waals surface area contributed by atoms with Crippen LogP contribution in [0.4, 0.5) is 0 Å². The van der Waals surface area contributed by atoms with Gasteiger partial charge in [0, 0.05) is 30.1 Å². The molecule has 5 nitrogen and oxygen atoms in total. The van der Waals surface area contributed by atoms with E-state index in [1.807, 2.05) is 13.0 Å². The van der Waals surface area contributed by atoms with Gasteiger partial charge < -0.3 is 4.90 Å². The zero-order chi connectivity index (χ0) is 18.4. The fourth-order valence-electron chi connectivity index (χ4n) is 2.00. The normalized spacial score (nSPS) is 10.8. The van der Waals surface area contributed by atoms with E-state index in [0.29, 0.717) is 9.77 Å². The molecule has 25 heavy (non-hydrogen) atoms. The van der Waals surface area contributed by atoms with Gasteiger partial charge in [-0.1, -0.05) is 18.8 Å². The van der Waals surface area contributed by atoms with Gasteiger partial charge >= 0.3 is 0 Å². The van der Waals surface area contributed by atoms with Crippen LogP contribution < -0.4 is 4.72 Å². The Balaban J connectivity index is 1.97. The Morgan fingerprint density at radius 3 is 2.40 bits per heavy atom. The highest BCUT2D eigenvalue weighted by molar-refractivity contribution is 7.91. The number of hydrogen-bond donors (Lipinski definition) is 1. The van der Waals surface area contributed by atoms with Crippen molar-refractivity contribution in [1.82, 2.24) is 9.62 Å². The van der Waals surface area contributed by atoms with E-state index in [4.69, 9.17) is 0 Å². The molecule has 0 aliphatic rings. The second-order valence-corrected chi connectivity index (χ2v) is 8.64. The molecule has 0 saturated heterocycles. The molecule has 0 radical (unpaired) electrons. The van der Waals surface area contributed by atoms with Crippen LogP contribution in [0.3, 0.4) is 0 Å². The van der Waals surface area contributed by atoms with E-state index in [1.54, 1.807) is 44.4 Å². The van der Waals surface area contributed by atoms with Crippen molar-refractivity contribution >= 4 is 27.3 Å². The molecule has 0 aliphatic carbocycles. The first kappa shape index (κ1) is 19.2. The van der Waals surface area contributed by atoms with Gasteiger partial charge in [-0.2, -0.15) is 4.72 Å². The fraction of sp³-hybridized carbons (Fsp3) is 0.278. The highest BCUT2D eigenvalue weighted by atomic mass is 32.2. The Hall–Kier alpha value is -2.14.